The molecule has 0 aliphatic carbocycles. The van der Waals surface area contributed by atoms with Crippen molar-refractivity contribution in [3.05, 3.63) is 102 Å². The van der Waals surface area contributed by atoms with Gasteiger partial charge < -0.3 is 9.64 Å². The molecule has 0 unspecified atom stereocenters. The van der Waals surface area contributed by atoms with Crippen molar-refractivity contribution in [3.63, 3.8) is 0 Å². The van der Waals surface area contributed by atoms with Gasteiger partial charge in [0.25, 0.3) is 5.91 Å². The zero-order valence-electron chi connectivity index (χ0n) is 19.1. The normalized spacial score (nSPS) is 18.0. The predicted octanol–water partition coefficient (Wildman–Crippen LogP) is 5.68. The smallest absolute Gasteiger partial charge is 0.258 e. The summed E-state index contributed by atoms with van der Waals surface area (Å²) in [5, 5.41) is 0. The fourth-order valence-electron chi connectivity index (χ4n) is 4.93. The number of carbonyl (C=O) groups excluding carboxylic acids is 1. The standard InChI is InChI=1S/C29H30N2O2/c1-2-26-27-10-6-7-11-28(27)31(29(26)32)24-16-18-30(19-17-24)20-22-12-14-25(15-13-22)33-21-23-8-4-3-5-9-23/h2-15,24H,16-21H2,1H3. The van der Waals surface area contributed by atoms with E-state index < -0.39 is 0 Å². The molecule has 0 saturated carbocycles. The molecule has 0 radical (unpaired) electrons. The number of ether oxygens (including phenoxy) is 1. The van der Waals surface area contributed by atoms with Crippen LogP contribution in [-0.4, -0.2) is 29.9 Å². The van der Waals surface area contributed by atoms with Crippen LogP contribution in [0, 0.1) is 0 Å². The quantitative estimate of drug-likeness (QED) is 0.464. The van der Waals surface area contributed by atoms with Gasteiger partial charge in [0.2, 0.25) is 0 Å². The highest BCUT2D eigenvalue weighted by atomic mass is 16.5. The number of allylic oxidation sites excluding steroid dienone is 1. The monoisotopic (exact) mass is 438 g/mol. The van der Waals surface area contributed by atoms with E-state index in [0.717, 1.165) is 55.0 Å². The summed E-state index contributed by atoms with van der Waals surface area (Å²) in [5.41, 5.74) is 5.44. The Morgan fingerprint density at radius 2 is 1.58 bits per heavy atom. The minimum atomic E-state index is 0.156. The molecular formula is C29H30N2O2. The van der Waals surface area contributed by atoms with Crippen LogP contribution in [0.15, 0.2) is 84.9 Å². The lowest BCUT2D eigenvalue weighted by Crippen LogP contribution is -2.46. The molecule has 0 atom stereocenters. The molecule has 1 saturated heterocycles. The molecule has 0 bridgehead atoms. The number of fused-ring (bicyclic) bond motifs is 1. The van der Waals surface area contributed by atoms with E-state index in [2.05, 4.69) is 53.4 Å². The third kappa shape index (κ3) is 4.57. The van der Waals surface area contributed by atoms with Gasteiger partial charge in [-0.1, -0.05) is 66.7 Å². The van der Waals surface area contributed by atoms with Crippen molar-refractivity contribution in [1.82, 2.24) is 4.90 Å². The molecular weight excluding hydrogens is 408 g/mol. The Morgan fingerprint density at radius 1 is 0.879 bits per heavy atom. The number of hydrogen-bond donors (Lipinski definition) is 0. The van der Waals surface area contributed by atoms with Gasteiger partial charge in [0.1, 0.15) is 12.4 Å². The number of likely N-dealkylation sites (tertiary alicyclic amines) is 1. The fourth-order valence-corrected chi connectivity index (χ4v) is 4.93. The molecule has 3 aromatic rings. The second-order valence-corrected chi connectivity index (χ2v) is 8.82. The summed E-state index contributed by atoms with van der Waals surface area (Å²) < 4.78 is 5.91. The predicted molar refractivity (Wildman–Crippen MR) is 133 cm³/mol. The van der Waals surface area contributed by atoms with Crippen molar-refractivity contribution in [3.8, 4) is 5.75 Å². The Kier molecular flexibility index (Phi) is 6.27. The molecule has 4 heteroatoms. The number of carbonyl (C=O) groups is 1. The molecule has 2 heterocycles. The van der Waals surface area contributed by atoms with E-state index in [1.807, 2.05) is 48.2 Å². The van der Waals surface area contributed by atoms with Crippen molar-refractivity contribution in [2.45, 2.75) is 39.0 Å². The van der Waals surface area contributed by atoms with Gasteiger partial charge >= 0.3 is 0 Å². The second kappa shape index (κ2) is 9.63. The molecule has 0 aromatic heterocycles. The van der Waals surface area contributed by atoms with E-state index in [1.54, 1.807) is 0 Å². The number of para-hydroxylation sites is 1. The van der Waals surface area contributed by atoms with Gasteiger partial charge in [-0.3, -0.25) is 9.69 Å². The average molecular weight is 439 g/mol. The molecule has 2 aliphatic heterocycles. The minimum Gasteiger partial charge on any atom is -0.489 e. The van der Waals surface area contributed by atoms with Gasteiger partial charge in [0.05, 0.1) is 5.69 Å². The van der Waals surface area contributed by atoms with Crippen LogP contribution in [0.2, 0.25) is 0 Å². The van der Waals surface area contributed by atoms with Crippen LogP contribution >= 0.6 is 0 Å². The van der Waals surface area contributed by atoms with E-state index in [9.17, 15) is 4.79 Å². The van der Waals surface area contributed by atoms with Crippen LogP contribution in [0.4, 0.5) is 5.69 Å². The summed E-state index contributed by atoms with van der Waals surface area (Å²) in [6, 6.07) is 27.1. The average Bonchev–Trinajstić information content (AvgIpc) is 3.15. The lowest BCUT2D eigenvalue weighted by molar-refractivity contribution is -0.113. The van der Waals surface area contributed by atoms with E-state index in [4.69, 9.17) is 4.74 Å². The van der Waals surface area contributed by atoms with Crippen LogP contribution in [0.25, 0.3) is 5.57 Å². The zero-order valence-corrected chi connectivity index (χ0v) is 19.1. The lowest BCUT2D eigenvalue weighted by atomic mass is 10.0. The molecule has 1 amide bonds. The van der Waals surface area contributed by atoms with Crippen LogP contribution in [0.1, 0.15) is 36.5 Å². The van der Waals surface area contributed by atoms with Crippen molar-refractivity contribution >= 4 is 17.2 Å². The molecule has 0 N–H and O–H groups in total. The third-order valence-electron chi connectivity index (χ3n) is 6.69. The van der Waals surface area contributed by atoms with Crippen LogP contribution in [-0.2, 0) is 17.9 Å². The van der Waals surface area contributed by atoms with E-state index in [-0.39, 0.29) is 11.9 Å². The maximum Gasteiger partial charge on any atom is 0.258 e. The summed E-state index contributed by atoms with van der Waals surface area (Å²) in [6.45, 7) is 5.45. The first kappa shape index (κ1) is 21.5. The molecule has 1 fully saturated rings. The third-order valence-corrected chi connectivity index (χ3v) is 6.69. The van der Waals surface area contributed by atoms with Gasteiger partial charge in [-0.15, -0.1) is 0 Å². The molecule has 5 rings (SSSR count). The molecule has 4 nitrogen and oxygen atoms in total. The highest BCUT2D eigenvalue weighted by Gasteiger charge is 2.37. The molecule has 2 aliphatic rings. The summed E-state index contributed by atoms with van der Waals surface area (Å²) in [5.74, 6) is 1.05. The number of hydrogen-bond acceptors (Lipinski definition) is 3. The number of anilines is 1. The summed E-state index contributed by atoms with van der Waals surface area (Å²) in [7, 11) is 0. The SMILES string of the molecule is CC=C1C(=O)N(C2CCN(Cc3ccc(OCc4ccccc4)cc3)CC2)c2ccccc21. The van der Waals surface area contributed by atoms with Crippen LogP contribution < -0.4 is 9.64 Å². The van der Waals surface area contributed by atoms with E-state index in [1.165, 1.54) is 11.1 Å². The fraction of sp³-hybridized carbons (Fsp3) is 0.276. The lowest BCUT2D eigenvalue weighted by Gasteiger charge is -2.37. The van der Waals surface area contributed by atoms with E-state index >= 15 is 0 Å². The Balaban J connectivity index is 1.16. The number of benzene rings is 3. The zero-order chi connectivity index (χ0) is 22.6. The molecule has 3 aromatic carbocycles. The number of nitrogens with zero attached hydrogens (tertiary/aromatic N) is 2. The summed E-state index contributed by atoms with van der Waals surface area (Å²) >= 11 is 0. The number of rotatable bonds is 6. The van der Waals surface area contributed by atoms with E-state index in [0.29, 0.717) is 6.61 Å². The van der Waals surface area contributed by atoms with Crippen molar-refractivity contribution in [2.24, 2.45) is 0 Å². The Morgan fingerprint density at radius 3 is 2.30 bits per heavy atom. The maximum absolute atomic E-state index is 13.1. The van der Waals surface area contributed by atoms with Crippen molar-refractivity contribution in [2.75, 3.05) is 18.0 Å². The summed E-state index contributed by atoms with van der Waals surface area (Å²) in [6.07, 6.45) is 3.94. The number of amides is 1. The molecule has 33 heavy (non-hydrogen) atoms. The van der Waals surface area contributed by atoms with Crippen LogP contribution in [0.5, 0.6) is 5.75 Å². The molecule has 0 spiro atoms. The summed E-state index contributed by atoms with van der Waals surface area (Å²) in [4.78, 5) is 17.6. The highest BCUT2D eigenvalue weighted by Crippen LogP contribution is 2.39. The minimum absolute atomic E-state index is 0.156. The first-order valence-corrected chi connectivity index (χ1v) is 11.8. The maximum atomic E-state index is 13.1. The van der Waals surface area contributed by atoms with Crippen molar-refractivity contribution in [1.29, 1.82) is 0 Å². The van der Waals surface area contributed by atoms with Gasteiger partial charge in [-0.25, -0.2) is 0 Å². The van der Waals surface area contributed by atoms with Gasteiger partial charge in [0, 0.05) is 36.8 Å². The first-order valence-electron chi connectivity index (χ1n) is 11.8. The number of piperidine rings is 1. The Labute approximate surface area is 196 Å². The second-order valence-electron chi connectivity index (χ2n) is 8.82. The largest absolute Gasteiger partial charge is 0.489 e. The van der Waals surface area contributed by atoms with Crippen molar-refractivity contribution < 1.29 is 9.53 Å². The van der Waals surface area contributed by atoms with Gasteiger partial charge in [-0.2, -0.15) is 0 Å². The Bertz CT molecular complexity index is 1130. The van der Waals surface area contributed by atoms with Crippen LogP contribution in [0.3, 0.4) is 0 Å². The topological polar surface area (TPSA) is 32.8 Å². The first-order chi connectivity index (χ1) is 16.2. The highest BCUT2D eigenvalue weighted by molar-refractivity contribution is 6.32. The Hall–Kier alpha value is -3.37. The van der Waals surface area contributed by atoms with Gasteiger partial charge in [0.15, 0.2) is 0 Å². The van der Waals surface area contributed by atoms with Gasteiger partial charge in [-0.05, 0) is 49.1 Å². The molecule has 168 valence electrons.